The van der Waals surface area contributed by atoms with E-state index in [1.54, 1.807) is 6.07 Å². The average Bonchev–Trinajstić information content (AvgIpc) is 2.71. The summed E-state index contributed by atoms with van der Waals surface area (Å²) in [5, 5.41) is 3.41. The highest BCUT2D eigenvalue weighted by atomic mass is 19.1. The molecule has 1 aliphatic rings. The third kappa shape index (κ3) is 2.82. The summed E-state index contributed by atoms with van der Waals surface area (Å²) < 4.78 is 13.5. The summed E-state index contributed by atoms with van der Waals surface area (Å²) in [6.45, 7) is 10.2. The molecular formula is C17H25FN2O. The van der Waals surface area contributed by atoms with Gasteiger partial charge < -0.3 is 4.90 Å². The lowest BCUT2D eigenvalue weighted by Gasteiger charge is -2.33. The van der Waals surface area contributed by atoms with Crippen molar-refractivity contribution in [1.82, 2.24) is 10.2 Å². The Kier molecular flexibility index (Phi) is 4.38. The van der Waals surface area contributed by atoms with E-state index in [4.69, 9.17) is 0 Å². The van der Waals surface area contributed by atoms with Gasteiger partial charge in [0.25, 0.3) is 0 Å². The van der Waals surface area contributed by atoms with E-state index in [9.17, 15) is 9.18 Å². The van der Waals surface area contributed by atoms with Gasteiger partial charge in [0.2, 0.25) is 5.91 Å². The molecule has 3 unspecified atom stereocenters. The maximum Gasteiger partial charge on any atom is 0.244 e. The van der Waals surface area contributed by atoms with Crippen LogP contribution in [0.2, 0.25) is 0 Å². The predicted molar refractivity (Wildman–Crippen MR) is 82.1 cm³/mol. The zero-order chi connectivity index (χ0) is 15.8. The lowest BCUT2D eigenvalue weighted by atomic mass is 9.97. The highest BCUT2D eigenvalue weighted by molar-refractivity contribution is 5.88. The van der Waals surface area contributed by atoms with Crippen molar-refractivity contribution < 1.29 is 9.18 Å². The van der Waals surface area contributed by atoms with Crippen LogP contribution in [0.3, 0.4) is 0 Å². The average molecular weight is 292 g/mol. The molecule has 1 heterocycles. The van der Waals surface area contributed by atoms with E-state index in [-0.39, 0.29) is 23.9 Å². The number of carbonyl (C=O) groups excluding carboxylic acids is 1. The fourth-order valence-corrected chi connectivity index (χ4v) is 2.75. The third-order valence-electron chi connectivity index (χ3n) is 4.72. The molecule has 0 saturated carbocycles. The molecule has 1 amide bonds. The first-order valence-corrected chi connectivity index (χ1v) is 7.66. The van der Waals surface area contributed by atoms with Gasteiger partial charge in [-0.2, -0.15) is 0 Å². The molecule has 1 saturated heterocycles. The molecule has 21 heavy (non-hydrogen) atoms. The largest absolute Gasteiger partial charge is 0.318 e. The summed E-state index contributed by atoms with van der Waals surface area (Å²) in [6.07, 6.45) is 0.439. The van der Waals surface area contributed by atoms with Crippen molar-refractivity contribution in [3.63, 3.8) is 0 Å². The monoisotopic (exact) mass is 292 g/mol. The topological polar surface area (TPSA) is 32.3 Å². The number of rotatable bonds is 4. The molecule has 1 aromatic rings. The standard InChI is InChI=1S/C17H25FN2O/c1-6-17(5)16(21)20(12(4)11(2)3)15(19-17)13-8-7-9-14(18)10-13/h7-12,15,19H,6H2,1-5H3. The third-order valence-corrected chi connectivity index (χ3v) is 4.72. The van der Waals surface area contributed by atoms with Crippen LogP contribution in [-0.2, 0) is 4.79 Å². The van der Waals surface area contributed by atoms with E-state index >= 15 is 0 Å². The zero-order valence-electron chi connectivity index (χ0n) is 13.5. The van der Waals surface area contributed by atoms with Crippen molar-refractivity contribution in [3.05, 3.63) is 35.6 Å². The van der Waals surface area contributed by atoms with Crippen LogP contribution in [0, 0.1) is 11.7 Å². The molecule has 4 heteroatoms. The summed E-state index contributed by atoms with van der Waals surface area (Å²) in [4.78, 5) is 14.7. The molecule has 3 atom stereocenters. The van der Waals surface area contributed by atoms with Crippen LogP contribution in [0.25, 0.3) is 0 Å². The molecule has 0 spiro atoms. The first-order valence-electron chi connectivity index (χ1n) is 7.66. The summed E-state index contributed by atoms with van der Waals surface area (Å²) in [7, 11) is 0. The fraction of sp³-hybridized carbons (Fsp3) is 0.588. The SMILES string of the molecule is CCC1(C)NC(c2cccc(F)c2)N(C(C)C(C)C)C1=O. The van der Waals surface area contributed by atoms with Crippen LogP contribution < -0.4 is 5.32 Å². The molecule has 116 valence electrons. The highest BCUT2D eigenvalue weighted by Crippen LogP contribution is 2.35. The van der Waals surface area contributed by atoms with E-state index in [0.717, 1.165) is 5.56 Å². The minimum Gasteiger partial charge on any atom is -0.318 e. The first-order chi connectivity index (χ1) is 9.80. The Labute approximate surface area is 126 Å². The summed E-state index contributed by atoms with van der Waals surface area (Å²) in [6, 6.07) is 6.58. The number of hydrogen-bond donors (Lipinski definition) is 1. The summed E-state index contributed by atoms with van der Waals surface area (Å²) >= 11 is 0. The number of amides is 1. The Morgan fingerprint density at radius 3 is 2.57 bits per heavy atom. The number of carbonyl (C=O) groups is 1. The molecule has 0 aliphatic carbocycles. The van der Waals surface area contributed by atoms with Crippen molar-refractivity contribution in [3.8, 4) is 0 Å². The van der Waals surface area contributed by atoms with Gasteiger partial charge in [-0.25, -0.2) is 4.39 Å². The number of halogens is 1. The van der Waals surface area contributed by atoms with E-state index in [2.05, 4.69) is 26.1 Å². The highest BCUT2D eigenvalue weighted by Gasteiger charge is 2.49. The van der Waals surface area contributed by atoms with Crippen LogP contribution in [0.1, 0.15) is 52.8 Å². The lowest BCUT2D eigenvalue weighted by molar-refractivity contribution is -0.135. The first kappa shape index (κ1) is 16.0. The van der Waals surface area contributed by atoms with E-state index in [1.165, 1.54) is 12.1 Å². The van der Waals surface area contributed by atoms with Gasteiger partial charge >= 0.3 is 0 Å². The van der Waals surface area contributed by atoms with Crippen LogP contribution in [0.5, 0.6) is 0 Å². The van der Waals surface area contributed by atoms with Gasteiger partial charge in [-0.15, -0.1) is 0 Å². The quantitative estimate of drug-likeness (QED) is 0.921. The Balaban J connectivity index is 2.44. The van der Waals surface area contributed by atoms with Gasteiger partial charge in [-0.05, 0) is 43.9 Å². The second kappa shape index (κ2) is 5.76. The van der Waals surface area contributed by atoms with Crippen LogP contribution in [-0.4, -0.2) is 22.4 Å². The smallest absolute Gasteiger partial charge is 0.244 e. The van der Waals surface area contributed by atoms with Crippen molar-refractivity contribution >= 4 is 5.91 Å². The Morgan fingerprint density at radius 2 is 2.05 bits per heavy atom. The van der Waals surface area contributed by atoms with Crippen molar-refractivity contribution in [2.75, 3.05) is 0 Å². The molecule has 1 N–H and O–H groups in total. The molecule has 1 fully saturated rings. The van der Waals surface area contributed by atoms with Gasteiger partial charge in [-0.3, -0.25) is 10.1 Å². The zero-order valence-corrected chi connectivity index (χ0v) is 13.5. The molecule has 0 radical (unpaired) electrons. The maximum atomic E-state index is 13.5. The van der Waals surface area contributed by atoms with Gasteiger partial charge in [0, 0.05) is 6.04 Å². The second-order valence-corrected chi connectivity index (χ2v) is 6.48. The van der Waals surface area contributed by atoms with Gasteiger partial charge in [0.15, 0.2) is 0 Å². The fourth-order valence-electron chi connectivity index (χ4n) is 2.75. The maximum absolute atomic E-state index is 13.5. The molecular weight excluding hydrogens is 267 g/mol. The lowest BCUT2D eigenvalue weighted by Crippen LogP contribution is -2.45. The van der Waals surface area contributed by atoms with Crippen LogP contribution in [0.15, 0.2) is 24.3 Å². The molecule has 3 nitrogen and oxygen atoms in total. The van der Waals surface area contributed by atoms with Crippen molar-refractivity contribution in [2.45, 2.75) is 58.8 Å². The molecule has 2 rings (SSSR count). The van der Waals surface area contributed by atoms with Crippen LogP contribution in [0.4, 0.5) is 4.39 Å². The van der Waals surface area contributed by atoms with Crippen molar-refractivity contribution in [2.24, 2.45) is 5.92 Å². The molecule has 1 aromatic carbocycles. The second-order valence-electron chi connectivity index (χ2n) is 6.48. The summed E-state index contributed by atoms with van der Waals surface area (Å²) in [5.74, 6) is 0.162. The number of nitrogens with zero attached hydrogens (tertiary/aromatic N) is 1. The Morgan fingerprint density at radius 1 is 1.38 bits per heavy atom. The van der Waals surface area contributed by atoms with Gasteiger partial charge in [-0.1, -0.05) is 32.9 Å². The van der Waals surface area contributed by atoms with E-state index in [0.29, 0.717) is 12.3 Å². The number of hydrogen-bond acceptors (Lipinski definition) is 2. The summed E-state index contributed by atoms with van der Waals surface area (Å²) in [5.41, 5.74) is 0.216. The van der Waals surface area contributed by atoms with E-state index in [1.807, 2.05) is 24.8 Å². The minimum absolute atomic E-state index is 0.0895. The molecule has 0 aromatic heterocycles. The number of benzene rings is 1. The van der Waals surface area contributed by atoms with E-state index < -0.39 is 5.54 Å². The molecule has 1 aliphatic heterocycles. The van der Waals surface area contributed by atoms with Crippen molar-refractivity contribution in [1.29, 1.82) is 0 Å². The Hall–Kier alpha value is -1.42. The van der Waals surface area contributed by atoms with Gasteiger partial charge in [0.05, 0.1) is 5.54 Å². The Bertz CT molecular complexity index is 531. The molecule has 0 bridgehead atoms. The normalized spacial score (nSPS) is 27.5. The number of nitrogens with one attached hydrogen (secondary N) is 1. The predicted octanol–water partition coefficient (Wildman–Crippen LogP) is 3.47. The van der Waals surface area contributed by atoms with Gasteiger partial charge in [0.1, 0.15) is 12.0 Å². The minimum atomic E-state index is -0.583. The van der Waals surface area contributed by atoms with Crippen LogP contribution >= 0.6 is 0 Å².